The summed E-state index contributed by atoms with van der Waals surface area (Å²) >= 11 is 3.09. The summed E-state index contributed by atoms with van der Waals surface area (Å²) in [6.45, 7) is -0.190. The van der Waals surface area contributed by atoms with E-state index in [-0.39, 0.29) is 12.4 Å². The first kappa shape index (κ1) is 12.2. The van der Waals surface area contributed by atoms with Gasteiger partial charge in [0.15, 0.2) is 0 Å². The largest absolute Gasteiger partial charge is 0.394 e. The van der Waals surface area contributed by atoms with Crippen LogP contribution in [0.1, 0.15) is 11.7 Å². The van der Waals surface area contributed by atoms with Crippen LogP contribution in [-0.2, 0) is 0 Å². The average Bonchev–Trinajstić information content (AvgIpc) is 2.80. The molecule has 0 radical (unpaired) electrons. The van der Waals surface area contributed by atoms with E-state index >= 15 is 0 Å². The number of aliphatic hydroxyl groups is 1. The number of imidazole rings is 1. The van der Waals surface area contributed by atoms with Gasteiger partial charge in [-0.25, -0.2) is 9.37 Å². The number of aliphatic hydroxyl groups excluding tert-OH is 1. The Labute approximate surface area is 106 Å². The summed E-state index contributed by atoms with van der Waals surface area (Å²) in [6.07, 6.45) is 3.09. The van der Waals surface area contributed by atoms with Gasteiger partial charge in [0.05, 0.1) is 35.3 Å². The molecule has 6 heteroatoms. The van der Waals surface area contributed by atoms with Crippen LogP contribution in [0.4, 0.5) is 4.39 Å². The minimum Gasteiger partial charge on any atom is -0.394 e. The molecule has 0 bridgehead atoms. The normalized spacial score (nSPS) is 12.7. The van der Waals surface area contributed by atoms with Crippen molar-refractivity contribution in [3.05, 3.63) is 46.7 Å². The van der Waals surface area contributed by atoms with Gasteiger partial charge in [-0.2, -0.15) is 0 Å². The molecule has 0 aliphatic heterocycles. The van der Waals surface area contributed by atoms with Crippen LogP contribution < -0.4 is 5.73 Å². The molecule has 1 unspecified atom stereocenters. The summed E-state index contributed by atoms with van der Waals surface area (Å²) in [5.74, 6) is -0.361. The fraction of sp³-hybridized carbons (Fsp3) is 0.182. The van der Waals surface area contributed by atoms with Crippen molar-refractivity contribution in [2.45, 2.75) is 6.04 Å². The maximum absolute atomic E-state index is 13.4. The summed E-state index contributed by atoms with van der Waals surface area (Å²) < 4.78 is 15.5. The molecule has 0 saturated heterocycles. The lowest BCUT2D eigenvalue weighted by molar-refractivity contribution is 0.265. The zero-order valence-electron chi connectivity index (χ0n) is 8.85. The minimum absolute atomic E-state index is 0.190. The Hall–Kier alpha value is -1.24. The molecular weight excluding hydrogens is 289 g/mol. The second-order valence-corrected chi connectivity index (χ2v) is 4.43. The maximum Gasteiger partial charge on any atom is 0.139 e. The highest BCUT2D eigenvalue weighted by atomic mass is 79.9. The molecule has 2 aromatic rings. The summed E-state index contributed by atoms with van der Waals surface area (Å²) in [4.78, 5) is 3.96. The molecule has 0 spiro atoms. The molecule has 1 aromatic carbocycles. The van der Waals surface area contributed by atoms with Crippen molar-refractivity contribution in [3.63, 3.8) is 0 Å². The van der Waals surface area contributed by atoms with E-state index in [9.17, 15) is 4.39 Å². The first-order chi connectivity index (χ1) is 8.13. The Bertz CT molecular complexity index is 529. The highest BCUT2D eigenvalue weighted by molar-refractivity contribution is 9.10. The van der Waals surface area contributed by atoms with Crippen LogP contribution in [0.15, 0.2) is 35.2 Å². The SMILES string of the molecule is NC(CO)c1cncn1-c1ccc(Br)c(F)c1. The van der Waals surface area contributed by atoms with Gasteiger partial charge >= 0.3 is 0 Å². The monoisotopic (exact) mass is 299 g/mol. The van der Waals surface area contributed by atoms with Gasteiger partial charge in [-0.05, 0) is 34.1 Å². The van der Waals surface area contributed by atoms with Gasteiger partial charge in [0.2, 0.25) is 0 Å². The average molecular weight is 300 g/mol. The molecular formula is C11H11BrFN3O. The highest BCUT2D eigenvalue weighted by Crippen LogP contribution is 2.21. The van der Waals surface area contributed by atoms with Gasteiger partial charge in [-0.1, -0.05) is 0 Å². The molecule has 0 aliphatic carbocycles. The Balaban J connectivity index is 2.46. The molecule has 0 aliphatic rings. The van der Waals surface area contributed by atoms with Crippen molar-refractivity contribution in [2.24, 2.45) is 5.73 Å². The van der Waals surface area contributed by atoms with E-state index in [1.165, 1.54) is 12.4 Å². The Morgan fingerprint density at radius 2 is 2.29 bits per heavy atom. The molecule has 1 heterocycles. The van der Waals surface area contributed by atoms with E-state index in [0.29, 0.717) is 15.9 Å². The van der Waals surface area contributed by atoms with Crippen molar-refractivity contribution >= 4 is 15.9 Å². The number of hydrogen-bond acceptors (Lipinski definition) is 3. The van der Waals surface area contributed by atoms with E-state index in [1.807, 2.05) is 0 Å². The molecule has 90 valence electrons. The molecule has 1 atom stereocenters. The van der Waals surface area contributed by atoms with E-state index in [0.717, 1.165) is 0 Å². The molecule has 17 heavy (non-hydrogen) atoms. The van der Waals surface area contributed by atoms with E-state index in [1.54, 1.807) is 22.9 Å². The van der Waals surface area contributed by atoms with Crippen LogP contribution in [0.2, 0.25) is 0 Å². The predicted octanol–water partition coefficient (Wildman–Crippen LogP) is 1.77. The van der Waals surface area contributed by atoms with E-state index < -0.39 is 6.04 Å². The zero-order chi connectivity index (χ0) is 12.4. The van der Waals surface area contributed by atoms with Crippen molar-refractivity contribution in [3.8, 4) is 5.69 Å². The second kappa shape index (κ2) is 4.95. The number of halogens is 2. The van der Waals surface area contributed by atoms with E-state index in [2.05, 4.69) is 20.9 Å². The third kappa shape index (κ3) is 2.38. The second-order valence-electron chi connectivity index (χ2n) is 3.58. The van der Waals surface area contributed by atoms with Crippen LogP contribution in [0.3, 0.4) is 0 Å². The molecule has 3 N–H and O–H groups in total. The fourth-order valence-corrected chi connectivity index (χ4v) is 1.77. The van der Waals surface area contributed by atoms with Crippen LogP contribution >= 0.6 is 15.9 Å². The molecule has 4 nitrogen and oxygen atoms in total. The third-order valence-corrected chi connectivity index (χ3v) is 3.07. The molecule has 1 aromatic heterocycles. The van der Waals surface area contributed by atoms with Crippen LogP contribution in [0.25, 0.3) is 5.69 Å². The number of nitrogens with zero attached hydrogens (tertiary/aromatic N) is 2. The lowest BCUT2D eigenvalue weighted by Gasteiger charge is -2.12. The molecule has 0 fully saturated rings. The third-order valence-electron chi connectivity index (χ3n) is 2.43. The van der Waals surface area contributed by atoms with Crippen LogP contribution in [-0.4, -0.2) is 21.3 Å². The van der Waals surface area contributed by atoms with Gasteiger partial charge in [0.25, 0.3) is 0 Å². The summed E-state index contributed by atoms with van der Waals surface area (Å²) in [5, 5.41) is 9.03. The van der Waals surface area contributed by atoms with Crippen molar-refractivity contribution in [1.82, 2.24) is 9.55 Å². The summed E-state index contributed by atoms with van der Waals surface area (Å²) in [7, 11) is 0. The number of nitrogens with two attached hydrogens (primary N) is 1. The first-order valence-electron chi connectivity index (χ1n) is 4.97. The summed E-state index contributed by atoms with van der Waals surface area (Å²) in [5.41, 5.74) is 6.98. The summed E-state index contributed by atoms with van der Waals surface area (Å²) in [6, 6.07) is 4.19. The van der Waals surface area contributed by atoms with Gasteiger partial charge < -0.3 is 15.4 Å². The van der Waals surface area contributed by atoms with Crippen molar-refractivity contribution < 1.29 is 9.50 Å². The van der Waals surface area contributed by atoms with Crippen LogP contribution in [0, 0.1) is 5.82 Å². The van der Waals surface area contributed by atoms with Gasteiger partial charge in [-0.3, -0.25) is 0 Å². The van der Waals surface area contributed by atoms with E-state index in [4.69, 9.17) is 10.8 Å². The predicted molar refractivity (Wildman–Crippen MR) is 65.2 cm³/mol. The first-order valence-corrected chi connectivity index (χ1v) is 5.77. The van der Waals surface area contributed by atoms with Crippen molar-refractivity contribution in [2.75, 3.05) is 6.61 Å². The molecule has 2 rings (SSSR count). The minimum atomic E-state index is -0.538. The lowest BCUT2D eigenvalue weighted by atomic mass is 10.2. The van der Waals surface area contributed by atoms with Gasteiger partial charge in [-0.15, -0.1) is 0 Å². The lowest BCUT2D eigenvalue weighted by Crippen LogP contribution is -2.18. The topological polar surface area (TPSA) is 64.1 Å². The zero-order valence-corrected chi connectivity index (χ0v) is 10.4. The molecule has 0 saturated carbocycles. The smallest absolute Gasteiger partial charge is 0.139 e. The quantitative estimate of drug-likeness (QED) is 0.908. The standard InChI is InChI=1S/C11H11BrFN3O/c12-8-2-1-7(3-9(8)13)16-6-15-4-11(16)10(14)5-17/h1-4,6,10,17H,5,14H2. The fourth-order valence-electron chi connectivity index (χ4n) is 1.52. The van der Waals surface area contributed by atoms with Crippen LogP contribution in [0.5, 0.6) is 0 Å². The van der Waals surface area contributed by atoms with Crippen molar-refractivity contribution in [1.29, 1.82) is 0 Å². The number of rotatable bonds is 3. The number of benzene rings is 1. The Morgan fingerprint density at radius 1 is 1.53 bits per heavy atom. The molecule has 0 amide bonds. The number of aromatic nitrogens is 2. The Kier molecular flexibility index (Phi) is 3.56. The van der Waals surface area contributed by atoms with Gasteiger partial charge in [0, 0.05) is 5.69 Å². The number of hydrogen-bond donors (Lipinski definition) is 2. The maximum atomic E-state index is 13.4. The Morgan fingerprint density at radius 3 is 2.94 bits per heavy atom. The highest BCUT2D eigenvalue weighted by Gasteiger charge is 2.12. The van der Waals surface area contributed by atoms with Gasteiger partial charge in [0.1, 0.15) is 5.82 Å².